The van der Waals surface area contributed by atoms with Crippen LogP contribution in [0.4, 0.5) is 0 Å². The van der Waals surface area contributed by atoms with E-state index in [2.05, 4.69) is 0 Å². The standard InChI is InChI=1S/C16H13ClO2/c1-11-10-13(5-9-15(11)18)16(19)8-4-12-2-6-14(17)7-3-12/h2-10,18H,1H3/b8-4+. The third kappa shape index (κ3) is 3.46. The highest BCUT2D eigenvalue weighted by Crippen LogP contribution is 2.18. The maximum atomic E-state index is 12.0. The fourth-order valence-corrected chi connectivity index (χ4v) is 1.78. The van der Waals surface area contributed by atoms with Gasteiger partial charge in [-0.25, -0.2) is 0 Å². The monoisotopic (exact) mass is 272 g/mol. The molecule has 2 nitrogen and oxygen atoms in total. The van der Waals surface area contributed by atoms with Crippen molar-refractivity contribution >= 4 is 23.5 Å². The molecule has 96 valence electrons. The first kappa shape index (κ1) is 13.4. The number of aryl methyl sites for hydroxylation is 1. The molecule has 0 aromatic heterocycles. The number of carbonyl (C=O) groups excluding carboxylic acids is 1. The molecule has 2 rings (SSSR count). The first-order valence-corrected chi connectivity index (χ1v) is 6.21. The molecule has 0 heterocycles. The predicted octanol–water partition coefficient (Wildman–Crippen LogP) is 4.25. The van der Waals surface area contributed by atoms with Crippen molar-refractivity contribution in [3.05, 3.63) is 70.3 Å². The molecule has 19 heavy (non-hydrogen) atoms. The van der Waals surface area contributed by atoms with E-state index in [4.69, 9.17) is 11.6 Å². The van der Waals surface area contributed by atoms with Crippen LogP contribution in [0.2, 0.25) is 5.02 Å². The molecule has 0 atom stereocenters. The smallest absolute Gasteiger partial charge is 0.185 e. The Morgan fingerprint density at radius 1 is 1.16 bits per heavy atom. The zero-order chi connectivity index (χ0) is 13.8. The quantitative estimate of drug-likeness (QED) is 0.670. The predicted molar refractivity (Wildman–Crippen MR) is 77.7 cm³/mol. The number of allylic oxidation sites excluding steroid dienone is 1. The summed E-state index contributed by atoms with van der Waals surface area (Å²) in [5, 5.41) is 10.1. The number of phenolic OH excluding ortho intramolecular Hbond substituents is 1. The van der Waals surface area contributed by atoms with Gasteiger partial charge < -0.3 is 5.11 Å². The molecule has 2 aromatic rings. The Labute approximate surface area is 117 Å². The van der Waals surface area contributed by atoms with E-state index in [0.717, 1.165) is 5.56 Å². The van der Waals surface area contributed by atoms with Crippen molar-refractivity contribution in [3.63, 3.8) is 0 Å². The molecular weight excluding hydrogens is 260 g/mol. The number of benzene rings is 2. The molecule has 1 N–H and O–H groups in total. The Kier molecular flexibility index (Phi) is 4.03. The fourth-order valence-electron chi connectivity index (χ4n) is 1.65. The van der Waals surface area contributed by atoms with E-state index in [1.165, 1.54) is 12.1 Å². The molecule has 0 aliphatic heterocycles. The number of aromatic hydroxyl groups is 1. The van der Waals surface area contributed by atoms with Gasteiger partial charge in [0.15, 0.2) is 5.78 Å². The minimum Gasteiger partial charge on any atom is -0.508 e. The first-order chi connectivity index (χ1) is 9.06. The topological polar surface area (TPSA) is 37.3 Å². The zero-order valence-electron chi connectivity index (χ0n) is 10.4. The highest BCUT2D eigenvalue weighted by molar-refractivity contribution is 6.30. The van der Waals surface area contributed by atoms with E-state index in [1.54, 1.807) is 37.3 Å². The molecule has 0 unspecified atom stereocenters. The molecule has 0 aliphatic carbocycles. The van der Waals surface area contributed by atoms with Gasteiger partial charge in [0, 0.05) is 10.6 Å². The highest BCUT2D eigenvalue weighted by atomic mass is 35.5. The van der Waals surface area contributed by atoms with E-state index < -0.39 is 0 Å². The normalized spacial score (nSPS) is 10.8. The van der Waals surface area contributed by atoms with Crippen molar-refractivity contribution in [2.45, 2.75) is 6.92 Å². The van der Waals surface area contributed by atoms with Crippen LogP contribution in [0, 0.1) is 6.92 Å². The van der Waals surface area contributed by atoms with Crippen LogP contribution < -0.4 is 0 Å². The summed E-state index contributed by atoms with van der Waals surface area (Å²) in [7, 11) is 0. The molecule has 0 bridgehead atoms. The van der Waals surface area contributed by atoms with Crippen molar-refractivity contribution in [2.75, 3.05) is 0 Å². The molecule has 0 spiro atoms. The summed E-state index contributed by atoms with van der Waals surface area (Å²) < 4.78 is 0. The van der Waals surface area contributed by atoms with Crippen LogP contribution in [0.15, 0.2) is 48.5 Å². The summed E-state index contributed by atoms with van der Waals surface area (Å²) in [6, 6.07) is 12.0. The van der Waals surface area contributed by atoms with Crippen LogP contribution >= 0.6 is 11.6 Å². The summed E-state index contributed by atoms with van der Waals surface area (Å²) in [5.74, 6) is 0.0938. The van der Waals surface area contributed by atoms with E-state index in [-0.39, 0.29) is 11.5 Å². The fraction of sp³-hybridized carbons (Fsp3) is 0.0625. The van der Waals surface area contributed by atoms with Gasteiger partial charge in [-0.05, 0) is 54.5 Å². The number of hydrogen-bond donors (Lipinski definition) is 1. The first-order valence-electron chi connectivity index (χ1n) is 5.84. The molecular formula is C16H13ClO2. The summed E-state index contributed by atoms with van der Waals surface area (Å²) in [5.41, 5.74) is 2.15. The highest BCUT2D eigenvalue weighted by Gasteiger charge is 2.04. The van der Waals surface area contributed by atoms with Crippen LogP contribution in [0.5, 0.6) is 5.75 Å². The Hall–Kier alpha value is -2.06. The minimum atomic E-state index is -0.0990. The van der Waals surface area contributed by atoms with E-state index in [9.17, 15) is 9.90 Å². The molecule has 2 aromatic carbocycles. The van der Waals surface area contributed by atoms with Gasteiger partial charge in [0.05, 0.1) is 0 Å². The lowest BCUT2D eigenvalue weighted by Gasteiger charge is -2.00. The number of hydrogen-bond acceptors (Lipinski definition) is 2. The van der Waals surface area contributed by atoms with Gasteiger partial charge in [-0.15, -0.1) is 0 Å². The maximum Gasteiger partial charge on any atom is 0.185 e. The number of phenols is 1. The number of rotatable bonds is 3. The summed E-state index contributed by atoms with van der Waals surface area (Å²) in [6.45, 7) is 1.76. The van der Waals surface area contributed by atoms with Crippen LogP contribution in [-0.4, -0.2) is 10.9 Å². The van der Waals surface area contributed by atoms with Gasteiger partial charge in [-0.1, -0.05) is 29.8 Å². The average molecular weight is 273 g/mol. The molecule has 0 radical (unpaired) electrons. The van der Waals surface area contributed by atoms with Crippen molar-refractivity contribution in [3.8, 4) is 5.75 Å². The van der Waals surface area contributed by atoms with Gasteiger partial charge in [0.25, 0.3) is 0 Å². The van der Waals surface area contributed by atoms with Gasteiger partial charge in [-0.3, -0.25) is 4.79 Å². The summed E-state index contributed by atoms with van der Waals surface area (Å²) in [6.07, 6.45) is 3.25. The molecule has 0 amide bonds. The zero-order valence-corrected chi connectivity index (χ0v) is 11.2. The largest absolute Gasteiger partial charge is 0.508 e. The summed E-state index contributed by atoms with van der Waals surface area (Å²) >= 11 is 5.79. The van der Waals surface area contributed by atoms with E-state index >= 15 is 0 Å². The lowest BCUT2D eigenvalue weighted by Crippen LogP contribution is -1.94. The van der Waals surface area contributed by atoms with Crippen LogP contribution in [0.1, 0.15) is 21.5 Å². The third-order valence-electron chi connectivity index (χ3n) is 2.78. The van der Waals surface area contributed by atoms with Gasteiger partial charge >= 0.3 is 0 Å². The third-order valence-corrected chi connectivity index (χ3v) is 3.03. The Morgan fingerprint density at radius 3 is 2.47 bits per heavy atom. The second kappa shape index (κ2) is 5.72. The van der Waals surface area contributed by atoms with E-state index in [1.807, 2.05) is 12.1 Å². The Bertz CT molecular complexity index is 628. The molecule has 0 saturated heterocycles. The van der Waals surface area contributed by atoms with Crippen LogP contribution in [0.3, 0.4) is 0 Å². The number of carbonyl (C=O) groups is 1. The maximum absolute atomic E-state index is 12.0. The second-order valence-corrected chi connectivity index (χ2v) is 4.69. The van der Waals surface area contributed by atoms with Gasteiger partial charge in [-0.2, -0.15) is 0 Å². The number of halogens is 1. The van der Waals surface area contributed by atoms with Crippen molar-refractivity contribution < 1.29 is 9.90 Å². The average Bonchev–Trinajstić information content (AvgIpc) is 2.41. The van der Waals surface area contributed by atoms with Gasteiger partial charge in [0.2, 0.25) is 0 Å². The van der Waals surface area contributed by atoms with Crippen molar-refractivity contribution in [1.29, 1.82) is 0 Å². The van der Waals surface area contributed by atoms with Crippen molar-refractivity contribution in [2.24, 2.45) is 0 Å². The number of ketones is 1. The Morgan fingerprint density at radius 2 is 1.84 bits per heavy atom. The lowest BCUT2D eigenvalue weighted by atomic mass is 10.1. The van der Waals surface area contributed by atoms with E-state index in [0.29, 0.717) is 16.1 Å². The molecule has 3 heteroatoms. The Balaban J connectivity index is 2.16. The molecule has 0 saturated carbocycles. The van der Waals surface area contributed by atoms with Gasteiger partial charge in [0.1, 0.15) is 5.75 Å². The van der Waals surface area contributed by atoms with Crippen molar-refractivity contribution in [1.82, 2.24) is 0 Å². The molecule has 0 fully saturated rings. The second-order valence-electron chi connectivity index (χ2n) is 4.25. The summed E-state index contributed by atoms with van der Waals surface area (Å²) in [4.78, 5) is 12.0. The van der Waals surface area contributed by atoms with Crippen LogP contribution in [0.25, 0.3) is 6.08 Å². The minimum absolute atomic E-state index is 0.0990. The lowest BCUT2D eigenvalue weighted by molar-refractivity contribution is 0.104. The molecule has 0 aliphatic rings. The van der Waals surface area contributed by atoms with Crippen LogP contribution in [-0.2, 0) is 0 Å². The SMILES string of the molecule is Cc1cc(C(=O)/C=C/c2ccc(Cl)cc2)ccc1O.